The number of nitrogens with zero attached hydrogens (tertiary/aromatic N) is 3. The number of pyridine rings is 1. The van der Waals surface area contributed by atoms with E-state index >= 15 is 0 Å². The molecule has 2 rings (SSSR count). The van der Waals surface area contributed by atoms with Crippen molar-refractivity contribution < 1.29 is 4.52 Å². The first-order valence-electron chi connectivity index (χ1n) is 5.85. The Balaban J connectivity index is 2.30. The lowest BCUT2D eigenvalue weighted by atomic mass is 10.0. The van der Waals surface area contributed by atoms with Gasteiger partial charge in [-0.05, 0) is 51.9 Å². The third-order valence-electron chi connectivity index (χ3n) is 3.06. The van der Waals surface area contributed by atoms with Crippen molar-refractivity contribution in [1.82, 2.24) is 20.4 Å². The van der Waals surface area contributed by atoms with Crippen LogP contribution in [0.3, 0.4) is 0 Å². The van der Waals surface area contributed by atoms with Gasteiger partial charge in [0.25, 0.3) is 0 Å². The molecule has 2 heterocycles. The standard InChI is InChI=1S/C12H14Br2N4O/c1-6(7(2)15-3)12-17-11(18-19-12)10-9(14)4-8(13)5-16-10/h4-7,15H,1-3H3. The second kappa shape index (κ2) is 6.11. The summed E-state index contributed by atoms with van der Waals surface area (Å²) < 4.78 is 7.03. The van der Waals surface area contributed by atoms with Gasteiger partial charge in [-0.25, -0.2) is 0 Å². The fourth-order valence-electron chi connectivity index (χ4n) is 1.56. The van der Waals surface area contributed by atoms with Crippen LogP contribution < -0.4 is 5.32 Å². The molecule has 0 aliphatic carbocycles. The van der Waals surface area contributed by atoms with Crippen molar-refractivity contribution in [2.45, 2.75) is 25.8 Å². The molecule has 0 saturated heterocycles. The Morgan fingerprint density at radius 1 is 1.32 bits per heavy atom. The Kier molecular flexibility index (Phi) is 4.70. The van der Waals surface area contributed by atoms with Crippen molar-refractivity contribution in [2.24, 2.45) is 0 Å². The molecule has 2 aromatic rings. The average Bonchev–Trinajstić information content (AvgIpc) is 2.86. The lowest BCUT2D eigenvalue weighted by Crippen LogP contribution is -2.27. The summed E-state index contributed by atoms with van der Waals surface area (Å²) in [5.41, 5.74) is 0.669. The van der Waals surface area contributed by atoms with Gasteiger partial charge >= 0.3 is 0 Å². The molecule has 0 fully saturated rings. The Bertz CT molecular complexity index is 573. The van der Waals surface area contributed by atoms with Crippen molar-refractivity contribution in [2.75, 3.05) is 7.05 Å². The van der Waals surface area contributed by atoms with E-state index in [1.165, 1.54) is 0 Å². The summed E-state index contributed by atoms with van der Waals surface area (Å²) in [6.45, 7) is 4.12. The Hall–Kier alpha value is -0.790. The van der Waals surface area contributed by atoms with Gasteiger partial charge in [-0.3, -0.25) is 4.98 Å². The number of rotatable bonds is 4. The van der Waals surface area contributed by atoms with Crippen molar-refractivity contribution in [3.8, 4) is 11.5 Å². The molecule has 1 N–H and O–H groups in total. The van der Waals surface area contributed by atoms with Gasteiger partial charge in [-0.1, -0.05) is 12.1 Å². The molecular weight excluding hydrogens is 376 g/mol. The van der Waals surface area contributed by atoms with Gasteiger partial charge in [0.15, 0.2) is 0 Å². The second-order valence-electron chi connectivity index (χ2n) is 4.31. The van der Waals surface area contributed by atoms with Crippen molar-refractivity contribution >= 4 is 31.9 Å². The van der Waals surface area contributed by atoms with E-state index in [0.717, 1.165) is 8.95 Å². The van der Waals surface area contributed by atoms with E-state index in [1.54, 1.807) is 6.20 Å². The fourth-order valence-corrected chi connectivity index (χ4v) is 2.72. The summed E-state index contributed by atoms with van der Waals surface area (Å²) in [6.07, 6.45) is 1.70. The summed E-state index contributed by atoms with van der Waals surface area (Å²) in [6, 6.07) is 2.16. The van der Waals surface area contributed by atoms with E-state index in [-0.39, 0.29) is 12.0 Å². The minimum absolute atomic E-state index is 0.139. The van der Waals surface area contributed by atoms with Gasteiger partial charge in [0.1, 0.15) is 5.69 Å². The van der Waals surface area contributed by atoms with Crippen molar-refractivity contribution in [1.29, 1.82) is 0 Å². The zero-order valence-electron chi connectivity index (χ0n) is 10.8. The molecule has 102 valence electrons. The van der Waals surface area contributed by atoms with Gasteiger partial charge in [0, 0.05) is 21.2 Å². The number of likely N-dealkylation sites (N-methyl/N-ethyl adjacent to an activating group) is 1. The molecule has 0 aliphatic rings. The van der Waals surface area contributed by atoms with E-state index in [2.05, 4.69) is 59.2 Å². The summed E-state index contributed by atoms with van der Waals surface area (Å²) in [4.78, 5) is 8.71. The maximum atomic E-state index is 5.32. The Morgan fingerprint density at radius 2 is 2.05 bits per heavy atom. The summed E-state index contributed by atoms with van der Waals surface area (Å²) in [5, 5.41) is 7.17. The zero-order valence-corrected chi connectivity index (χ0v) is 14.0. The molecule has 19 heavy (non-hydrogen) atoms. The molecule has 0 aromatic carbocycles. The third-order valence-corrected chi connectivity index (χ3v) is 4.09. The van der Waals surface area contributed by atoms with E-state index in [0.29, 0.717) is 17.4 Å². The molecule has 0 amide bonds. The first-order chi connectivity index (χ1) is 9.02. The maximum Gasteiger partial charge on any atom is 0.231 e. The first-order valence-corrected chi connectivity index (χ1v) is 7.43. The van der Waals surface area contributed by atoms with Crippen LogP contribution in [0.1, 0.15) is 25.7 Å². The van der Waals surface area contributed by atoms with Crippen LogP contribution in [0.2, 0.25) is 0 Å². The molecule has 0 saturated carbocycles. The monoisotopic (exact) mass is 388 g/mol. The smallest absolute Gasteiger partial charge is 0.231 e. The van der Waals surface area contributed by atoms with E-state index in [1.807, 2.05) is 20.0 Å². The highest BCUT2D eigenvalue weighted by Crippen LogP contribution is 2.28. The normalized spacial score (nSPS) is 14.4. The van der Waals surface area contributed by atoms with Crippen LogP contribution in [0.5, 0.6) is 0 Å². The molecule has 2 atom stereocenters. The predicted molar refractivity (Wildman–Crippen MR) is 79.9 cm³/mol. The van der Waals surface area contributed by atoms with Crippen molar-refractivity contribution in [3.05, 3.63) is 27.1 Å². The summed E-state index contributed by atoms with van der Waals surface area (Å²) in [5.74, 6) is 1.23. The first kappa shape index (κ1) is 14.6. The summed E-state index contributed by atoms with van der Waals surface area (Å²) in [7, 11) is 1.91. The van der Waals surface area contributed by atoms with Gasteiger partial charge in [-0.15, -0.1) is 0 Å². The molecule has 2 aromatic heterocycles. The zero-order chi connectivity index (χ0) is 14.0. The number of nitrogens with one attached hydrogen (secondary N) is 1. The van der Waals surface area contributed by atoms with Crippen LogP contribution >= 0.6 is 31.9 Å². The highest BCUT2D eigenvalue weighted by Gasteiger charge is 2.21. The lowest BCUT2D eigenvalue weighted by Gasteiger charge is -2.14. The Labute approximate surface area is 128 Å². The SMILES string of the molecule is CNC(C)C(C)c1nc(-c2ncc(Br)cc2Br)no1. The lowest BCUT2D eigenvalue weighted by molar-refractivity contribution is 0.336. The number of aromatic nitrogens is 3. The van der Waals surface area contributed by atoms with Gasteiger partial charge in [-0.2, -0.15) is 4.98 Å². The molecule has 0 bridgehead atoms. The van der Waals surface area contributed by atoms with Crippen molar-refractivity contribution in [3.63, 3.8) is 0 Å². The van der Waals surface area contributed by atoms with E-state index in [9.17, 15) is 0 Å². The van der Waals surface area contributed by atoms with Crippen LogP contribution in [0.4, 0.5) is 0 Å². The van der Waals surface area contributed by atoms with Gasteiger partial charge in [0.05, 0.1) is 5.92 Å². The fraction of sp³-hybridized carbons (Fsp3) is 0.417. The third kappa shape index (κ3) is 3.21. The van der Waals surface area contributed by atoms with Crippen LogP contribution in [0.25, 0.3) is 11.5 Å². The minimum atomic E-state index is 0.139. The molecule has 7 heteroatoms. The summed E-state index contributed by atoms with van der Waals surface area (Å²) >= 11 is 6.81. The molecule has 5 nitrogen and oxygen atoms in total. The molecule has 0 spiro atoms. The van der Waals surface area contributed by atoms with Crippen LogP contribution in [-0.2, 0) is 0 Å². The van der Waals surface area contributed by atoms with Gasteiger partial charge in [0.2, 0.25) is 11.7 Å². The van der Waals surface area contributed by atoms with E-state index < -0.39 is 0 Å². The van der Waals surface area contributed by atoms with E-state index in [4.69, 9.17) is 4.52 Å². The van der Waals surface area contributed by atoms with Crippen LogP contribution in [-0.4, -0.2) is 28.2 Å². The molecule has 2 unspecified atom stereocenters. The van der Waals surface area contributed by atoms with Crippen LogP contribution in [0.15, 0.2) is 25.7 Å². The van der Waals surface area contributed by atoms with Crippen LogP contribution in [0, 0.1) is 0 Å². The Morgan fingerprint density at radius 3 is 2.68 bits per heavy atom. The maximum absolute atomic E-state index is 5.32. The predicted octanol–water partition coefficient (Wildman–Crippen LogP) is 3.37. The number of hydrogen-bond donors (Lipinski definition) is 1. The number of halogens is 2. The quantitative estimate of drug-likeness (QED) is 0.868. The molecule has 0 radical (unpaired) electrons. The second-order valence-corrected chi connectivity index (χ2v) is 6.08. The average molecular weight is 390 g/mol. The minimum Gasteiger partial charge on any atom is -0.339 e. The topological polar surface area (TPSA) is 63.8 Å². The molecular formula is C12H14Br2N4O. The highest BCUT2D eigenvalue weighted by molar-refractivity contribution is 9.11. The molecule has 0 aliphatic heterocycles. The number of hydrogen-bond acceptors (Lipinski definition) is 5. The highest BCUT2D eigenvalue weighted by atomic mass is 79.9. The van der Waals surface area contributed by atoms with Gasteiger partial charge < -0.3 is 9.84 Å². The largest absolute Gasteiger partial charge is 0.339 e.